The average Bonchev–Trinajstić information content (AvgIpc) is 2.57. The van der Waals surface area contributed by atoms with Crippen molar-refractivity contribution in [1.29, 1.82) is 0 Å². The maximum absolute atomic E-state index is 11.9. The second kappa shape index (κ2) is 3.94. The Bertz CT molecular complexity index is 433. The Morgan fingerprint density at radius 1 is 1.47 bits per heavy atom. The minimum atomic E-state index is -0.464. The molecule has 2 N–H and O–H groups in total. The molecule has 1 amide bonds. The molecule has 0 unspecified atom stereocenters. The van der Waals surface area contributed by atoms with Gasteiger partial charge in [-0.3, -0.25) is 0 Å². The summed E-state index contributed by atoms with van der Waals surface area (Å²) in [4.78, 5) is 17.6. The predicted octanol–water partition coefficient (Wildman–Crippen LogP) is 1.22. The second-order valence-corrected chi connectivity index (χ2v) is 5.16. The van der Waals surface area contributed by atoms with Crippen molar-refractivity contribution in [3.8, 4) is 0 Å². The summed E-state index contributed by atoms with van der Waals surface area (Å²) in [6.45, 7) is 7.34. The first-order valence-corrected chi connectivity index (χ1v) is 5.64. The molecule has 0 fully saturated rings. The fourth-order valence-corrected chi connectivity index (χ4v) is 1.79. The number of hydrogen-bond donors (Lipinski definition) is 1. The molecule has 2 heterocycles. The highest BCUT2D eigenvalue weighted by atomic mass is 16.6. The van der Waals surface area contributed by atoms with Crippen LogP contribution in [0.1, 0.15) is 26.5 Å². The highest BCUT2D eigenvalue weighted by Crippen LogP contribution is 2.18. The van der Waals surface area contributed by atoms with E-state index in [1.165, 1.54) is 0 Å². The molecule has 94 valence electrons. The molecule has 1 aromatic rings. The van der Waals surface area contributed by atoms with E-state index in [1.54, 1.807) is 11.1 Å². The second-order valence-electron chi connectivity index (χ2n) is 5.16. The Hall–Kier alpha value is -1.72. The van der Waals surface area contributed by atoms with Crippen molar-refractivity contribution in [3.05, 3.63) is 11.9 Å². The Labute approximate surface area is 100 Å². The van der Waals surface area contributed by atoms with Gasteiger partial charge in [0, 0.05) is 13.1 Å². The van der Waals surface area contributed by atoms with Crippen LogP contribution in [0.4, 0.5) is 10.7 Å². The number of nitrogens with two attached hydrogens (primary N) is 1. The first kappa shape index (κ1) is 11.8. The van der Waals surface area contributed by atoms with Crippen LogP contribution in [0.5, 0.6) is 0 Å². The highest BCUT2D eigenvalue weighted by molar-refractivity contribution is 5.68. The summed E-state index contributed by atoms with van der Waals surface area (Å²) in [7, 11) is 0. The lowest BCUT2D eigenvalue weighted by molar-refractivity contribution is 0.0200. The summed E-state index contributed by atoms with van der Waals surface area (Å²) in [5.74, 6) is 0.504. The monoisotopic (exact) mass is 238 g/mol. The number of carbonyl (C=O) groups is 1. The van der Waals surface area contributed by atoms with E-state index in [2.05, 4.69) is 4.98 Å². The summed E-state index contributed by atoms with van der Waals surface area (Å²) < 4.78 is 7.24. The number of nitrogen functional groups attached to an aromatic ring is 1. The molecular weight excluding hydrogens is 220 g/mol. The number of amides is 1. The van der Waals surface area contributed by atoms with Gasteiger partial charge in [-0.2, -0.15) is 0 Å². The summed E-state index contributed by atoms with van der Waals surface area (Å²) >= 11 is 0. The van der Waals surface area contributed by atoms with Crippen molar-refractivity contribution in [2.45, 2.75) is 39.5 Å². The zero-order valence-corrected chi connectivity index (χ0v) is 10.4. The molecule has 17 heavy (non-hydrogen) atoms. The number of rotatable bonds is 0. The van der Waals surface area contributed by atoms with E-state index in [0.29, 0.717) is 25.6 Å². The Morgan fingerprint density at radius 2 is 2.18 bits per heavy atom. The van der Waals surface area contributed by atoms with Gasteiger partial charge in [-0.25, -0.2) is 9.78 Å². The topological polar surface area (TPSA) is 73.4 Å². The van der Waals surface area contributed by atoms with Gasteiger partial charge in [0.05, 0.1) is 18.4 Å². The first-order chi connectivity index (χ1) is 7.87. The minimum Gasteiger partial charge on any atom is -0.444 e. The molecule has 0 bridgehead atoms. The summed E-state index contributed by atoms with van der Waals surface area (Å²) in [6, 6.07) is 0. The standard InChI is InChI=1S/C11H18N4O2/c1-11(2,3)17-10(16)14-4-5-15-8(7-14)6-13-9(15)12/h6H,4-5,7H2,1-3H3,(H2,12,13). The lowest BCUT2D eigenvalue weighted by Gasteiger charge is -2.30. The average molecular weight is 238 g/mol. The molecule has 1 aromatic heterocycles. The first-order valence-electron chi connectivity index (χ1n) is 5.64. The smallest absolute Gasteiger partial charge is 0.410 e. The Balaban J connectivity index is 2.05. The van der Waals surface area contributed by atoms with Gasteiger partial charge in [0.15, 0.2) is 5.95 Å². The molecule has 0 radical (unpaired) electrons. The fourth-order valence-electron chi connectivity index (χ4n) is 1.79. The summed E-state index contributed by atoms with van der Waals surface area (Å²) in [5, 5.41) is 0. The minimum absolute atomic E-state index is 0.288. The quantitative estimate of drug-likeness (QED) is 0.737. The molecule has 2 rings (SSSR count). The third-order valence-corrected chi connectivity index (χ3v) is 2.57. The summed E-state index contributed by atoms with van der Waals surface area (Å²) in [5.41, 5.74) is 6.18. The van der Waals surface area contributed by atoms with E-state index in [4.69, 9.17) is 10.5 Å². The Morgan fingerprint density at radius 3 is 2.82 bits per heavy atom. The van der Waals surface area contributed by atoms with E-state index >= 15 is 0 Å². The molecule has 6 nitrogen and oxygen atoms in total. The molecule has 0 atom stereocenters. The molecular formula is C11H18N4O2. The number of carbonyl (C=O) groups excluding carboxylic acids is 1. The molecule has 0 aromatic carbocycles. The van der Waals surface area contributed by atoms with Crippen molar-refractivity contribution in [2.24, 2.45) is 0 Å². The zero-order valence-electron chi connectivity index (χ0n) is 10.4. The van der Waals surface area contributed by atoms with Crippen molar-refractivity contribution in [3.63, 3.8) is 0 Å². The number of nitrogens with zero attached hydrogens (tertiary/aromatic N) is 3. The Kier molecular flexibility index (Phi) is 2.73. The van der Waals surface area contributed by atoms with Crippen LogP contribution < -0.4 is 5.73 Å². The summed E-state index contributed by atoms with van der Waals surface area (Å²) in [6.07, 6.45) is 1.41. The molecule has 1 aliphatic rings. The van der Waals surface area contributed by atoms with Gasteiger partial charge in [0.25, 0.3) is 0 Å². The van der Waals surface area contributed by atoms with Crippen LogP contribution in [-0.2, 0) is 17.8 Å². The van der Waals surface area contributed by atoms with Gasteiger partial charge in [0.2, 0.25) is 0 Å². The third kappa shape index (κ3) is 2.51. The molecule has 1 aliphatic heterocycles. The number of ether oxygens (including phenoxy) is 1. The van der Waals surface area contributed by atoms with E-state index < -0.39 is 5.60 Å². The number of hydrogen-bond acceptors (Lipinski definition) is 4. The number of fused-ring (bicyclic) bond motifs is 1. The fraction of sp³-hybridized carbons (Fsp3) is 0.636. The molecule has 6 heteroatoms. The van der Waals surface area contributed by atoms with Crippen molar-refractivity contribution < 1.29 is 9.53 Å². The SMILES string of the molecule is CC(C)(C)OC(=O)N1CCn2c(cnc2N)C1. The normalized spacial score (nSPS) is 15.6. The van der Waals surface area contributed by atoms with Gasteiger partial charge in [-0.1, -0.05) is 0 Å². The maximum Gasteiger partial charge on any atom is 0.410 e. The van der Waals surface area contributed by atoms with Crippen LogP contribution in [0.15, 0.2) is 6.20 Å². The van der Waals surface area contributed by atoms with Gasteiger partial charge >= 0.3 is 6.09 Å². The molecule has 0 saturated carbocycles. The van der Waals surface area contributed by atoms with Crippen LogP contribution in [-0.4, -0.2) is 32.7 Å². The van der Waals surface area contributed by atoms with E-state index in [0.717, 1.165) is 5.69 Å². The number of imidazole rings is 1. The maximum atomic E-state index is 11.9. The molecule has 0 saturated heterocycles. The van der Waals surface area contributed by atoms with Crippen molar-refractivity contribution in [1.82, 2.24) is 14.5 Å². The van der Waals surface area contributed by atoms with Crippen LogP contribution in [0.3, 0.4) is 0 Å². The number of anilines is 1. The van der Waals surface area contributed by atoms with Crippen molar-refractivity contribution >= 4 is 12.0 Å². The van der Waals surface area contributed by atoms with Gasteiger partial charge in [-0.15, -0.1) is 0 Å². The van der Waals surface area contributed by atoms with Crippen molar-refractivity contribution in [2.75, 3.05) is 12.3 Å². The van der Waals surface area contributed by atoms with Crippen LogP contribution in [0.25, 0.3) is 0 Å². The number of aromatic nitrogens is 2. The predicted molar refractivity (Wildman–Crippen MR) is 63.3 cm³/mol. The highest BCUT2D eigenvalue weighted by Gasteiger charge is 2.26. The largest absolute Gasteiger partial charge is 0.444 e. The van der Waals surface area contributed by atoms with Gasteiger partial charge in [0.1, 0.15) is 5.60 Å². The van der Waals surface area contributed by atoms with E-state index in [9.17, 15) is 4.79 Å². The molecule has 0 spiro atoms. The molecule has 0 aliphatic carbocycles. The third-order valence-electron chi connectivity index (χ3n) is 2.57. The van der Waals surface area contributed by atoms with E-state index in [-0.39, 0.29) is 6.09 Å². The zero-order chi connectivity index (χ0) is 12.6. The lowest BCUT2D eigenvalue weighted by Crippen LogP contribution is -2.41. The van der Waals surface area contributed by atoms with Gasteiger partial charge < -0.3 is 19.9 Å². The van der Waals surface area contributed by atoms with Crippen LogP contribution in [0.2, 0.25) is 0 Å². The van der Waals surface area contributed by atoms with Crippen LogP contribution in [0, 0.1) is 0 Å². The van der Waals surface area contributed by atoms with Crippen LogP contribution >= 0.6 is 0 Å². The lowest BCUT2D eigenvalue weighted by atomic mass is 10.2. The van der Waals surface area contributed by atoms with Gasteiger partial charge in [-0.05, 0) is 20.8 Å². The van der Waals surface area contributed by atoms with E-state index in [1.807, 2.05) is 25.3 Å².